The van der Waals surface area contributed by atoms with Crippen LogP contribution in [0, 0.1) is 0 Å². The van der Waals surface area contributed by atoms with Crippen LogP contribution in [0.15, 0.2) is 24.4 Å². The van der Waals surface area contributed by atoms with Gasteiger partial charge in [-0.05, 0) is 0 Å². The van der Waals surface area contributed by atoms with Crippen molar-refractivity contribution in [2.45, 2.75) is 58.3 Å². The van der Waals surface area contributed by atoms with Crippen molar-refractivity contribution in [2.75, 3.05) is 23.3 Å². The van der Waals surface area contributed by atoms with Gasteiger partial charge in [0.05, 0.1) is 0 Å². The number of piperazine rings is 1. The number of benzene rings is 1. The molecule has 7 nitrogen and oxygen atoms in total. The number of carbonyl (C=O) groups is 1. The summed E-state index contributed by atoms with van der Waals surface area (Å²) in [6, 6.07) is 6.28. The molecule has 1 aromatic carbocycles. The summed E-state index contributed by atoms with van der Waals surface area (Å²) in [6.45, 7) is 1.19. The molecule has 1 aromatic heterocycles. The molecule has 1 aliphatic carbocycles. The minimum atomic E-state index is -4.47. The molecule has 5 rings (SSSR count). The summed E-state index contributed by atoms with van der Waals surface area (Å²) >= 11 is -3.18. The van der Waals surface area contributed by atoms with Crippen LogP contribution in [0.25, 0.3) is 0 Å². The van der Waals surface area contributed by atoms with Crippen LogP contribution in [0.2, 0.25) is 14.8 Å². The van der Waals surface area contributed by atoms with E-state index in [9.17, 15) is 23.1 Å². The zero-order valence-electron chi connectivity index (χ0n) is 19.4. The molecule has 2 aromatic rings. The van der Waals surface area contributed by atoms with Crippen molar-refractivity contribution in [3.8, 4) is 0 Å². The predicted octanol–water partition coefficient (Wildman–Crippen LogP) is 4.60. The van der Waals surface area contributed by atoms with Gasteiger partial charge >= 0.3 is 191 Å². The number of nitrogens with one attached hydrogen (secondary N) is 1. The van der Waals surface area contributed by atoms with Crippen molar-refractivity contribution >= 4 is 45.5 Å². The number of fused-ring (bicyclic) bond motifs is 2. The summed E-state index contributed by atoms with van der Waals surface area (Å²) in [6.07, 6.45) is -1.45. The Morgan fingerprint density at radius 1 is 1.18 bits per heavy atom. The summed E-state index contributed by atoms with van der Waals surface area (Å²) in [7, 11) is 0. The SMILES string of the molecule is [CH3][Sn]([CH3])([CH3])[c]1nc(Nc2ccc(N3C[C@@H]4C[C@H]3CN4C(=O)O)cc2C2CC2)ncc1C(F)(F)F. The van der Waals surface area contributed by atoms with Crippen molar-refractivity contribution < 1.29 is 23.1 Å². The van der Waals surface area contributed by atoms with E-state index in [1.165, 1.54) is 4.90 Å². The Morgan fingerprint density at radius 2 is 1.91 bits per heavy atom. The molecule has 3 fully saturated rings. The summed E-state index contributed by atoms with van der Waals surface area (Å²) in [5, 5.41) is 12.6. The first-order valence-electron chi connectivity index (χ1n) is 11.5. The molecule has 0 spiro atoms. The van der Waals surface area contributed by atoms with Gasteiger partial charge in [0.15, 0.2) is 0 Å². The summed E-state index contributed by atoms with van der Waals surface area (Å²) in [5.74, 6) is 0.593. The molecular weight excluding hydrogens is 554 g/mol. The number of amides is 1. The first-order chi connectivity index (χ1) is 15.9. The van der Waals surface area contributed by atoms with E-state index in [0.29, 0.717) is 19.0 Å². The van der Waals surface area contributed by atoms with Gasteiger partial charge in [0.2, 0.25) is 0 Å². The number of likely N-dealkylation sites (tertiary alicyclic amines) is 1. The number of aromatic nitrogens is 2. The van der Waals surface area contributed by atoms with E-state index >= 15 is 0 Å². The predicted molar refractivity (Wildman–Crippen MR) is 126 cm³/mol. The third kappa shape index (κ3) is 4.40. The number of anilines is 3. The van der Waals surface area contributed by atoms with Crippen molar-refractivity contribution in [3.05, 3.63) is 35.5 Å². The van der Waals surface area contributed by atoms with Gasteiger partial charge in [-0.3, -0.25) is 0 Å². The number of halogens is 3. The first kappa shape index (κ1) is 23.5. The molecule has 182 valence electrons. The number of rotatable bonds is 5. The fraction of sp³-hybridized carbons (Fsp3) is 0.522. The van der Waals surface area contributed by atoms with Crippen LogP contribution in [0.4, 0.5) is 35.3 Å². The van der Waals surface area contributed by atoms with E-state index < -0.39 is 36.2 Å². The maximum absolute atomic E-state index is 13.5. The molecule has 1 saturated carbocycles. The fourth-order valence-corrected chi connectivity index (χ4v) is 9.29. The van der Waals surface area contributed by atoms with Gasteiger partial charge in [-0.1, -0.05) is 0 Å². The van der Waals surface area contributed by atoms with E-state index in [1.54, 1.807) is 0 Å². The Labute approximate surface area is 200 Å². The molecule has 34 heavy (non-hydrogen) atoms. The van der Waals surface area contributed by atoms with Crippen LogP contribution in [0.1, 0.15) is 36.3 Å². The molecule has 2 aliphatic heterocycles. The molecule has 1 amide bonds. The van der Waals surface area contributed by atoms with Crippen molar-refractivity contribution in [3.63, 3.8) is 0 Å². The standard InChI is InChI=1S/C20H19F3N5O2.3CH3.Sn/c21-20(22,23)12-7-24-18(25-8-12)26-17-4-3-13(6-16(17)11-1-2-11)27-9-15-5-14(27)10-28(15)19(29)30;;;;/h3-4,6-7,11,14-15H,1-2,5,9-10H2,(H,29,30)(H,24,25,26);3*1H3;/t14-,15-;;;;/m0..../s1. The van der Waals surface area contributed by atoms with Crippen molar-refractivity contribution in [2.24, 2.45) is 0 Å². The molecule has 2 saturated heterocycles. The summed E-state index contributed by atoms with van der Waals surface area (Å²) < 4.78 is 40.8. The molecule has 2 atom stereocenters. The topological polar surface area (TPSA) is 81.6 Å². The normalized spacial score (nSPS) is 22.4. The fourth-order valence-electron chi connectivity index (χ4n) is 5.13. The monoisotopic (exact) mass is 583 g/mol. The number of hydrogen-bond donors (Lipinski definition) is 2. The molecule has 2 N–H and O–H groups in total. The van der Waals surface area contributed by atoms with Gasteiger partial charge in [0, 0.05) is 0 Å². The molecule has 11 heteroatoms. The third-order valence-electron chi connectivity index (χ3n) is 6.92. The third-order valence-corrected chi connectivity index (χ3v) is 12.1. The second-order valence-electron chi connectivity index (χ2n) is 10.5. The quantitative estimate of drug-likeness (QED) is 0.502. The zero-order chi connectivity index (χ0) is 24.4. The number of hydrogen-bond acceptors (Lipinski definition) is 5. The van der Waals surface area contributed by atoms with Gasteiger partial charge in [-0.2, -0.15) is 0 Å². The Hall–Kier alpha value is -2.24. The van der Waals surface area contributed by atoms with Gasteiger partial charge in [-0.15, -0.1) is 0 Å². The summed E-state index contributed by atoms with van der Waals surface area (Å²) in [4.78, 5) is 29.3. The van der Waals surface area contributed by atoms with Gasteiger partial charge in [0.1, 0.15) is 0 Å². The number of nitrogens with zero attached hydrogens (tertiary/aromatic N) is 4. The van der Waals surface area contributed by atoms with Crippen LogP contribution in [-0.2, 0) is 6.18 Å². The van der Waals surface area contributed by atoms with Crippen LogP contribution in [0.5, 0.6) is 0 Å². The first-order valence-corrected chi connectivity index (χ1v) is 21.5. The molecule has 2 bridgehead atoms. The van der Waals surface area contributed by atoms with E-state index in [2.05, 4.69) is 26.3 Å². The van der Waals surface area contributed by atoms with Gasteiger partial charge in [0.25, 0.3) is 0 Å². The van der Waals surface area contributed by atoms with Gasteiger partial charge in [-0.25, -0.2) is 4.79 Å². The summed E-state index contributed by atoms with van der Waals surface area (Å²) in [5.41, 5.74) is 2.26. The maximum atomic E-state index is 13.5. The van der Waals surface area contributed by atoms with Gasteiger partial charge < -0.3 is 5.11 Å². The second-order valence-corrected chi connectivity index (χ2v) is 24.7. The van der Waals surface area contributed by atoms with Crippen LogP contribution >= 0.6 is 0 Å². The Morgan fingerprint density at radius 3 is 2.47 bits per heavy atom. The average molecular weight is 582 g/mol. The van der Waals surface area contributed by atoms with Crippen LogP contribution in [-0.4, -0.2) is 69.6 Å². The molecular formula is C23H28F3N5O2Sn. The second kappa shape index (κ2) is 8.17. The molecule has 3 heterocycles. The zero-order valence-corrected chi connectivity index (χ0v) is 22.2. The number of carboxylic acid groups (broad SMARTS) is 1. The van der Waals surface area contributed by atoms with E-state index in [-0.39, 0.29) is 21.7 Å². The Kier molecular flexibility index (Phi) is 5.64. The molecule has 3 aliphatic rings. The van der Waals surface area contributed by atoms with E-state index in [0.717, 1.165) is 42.4 Å². The number of alkyl halides is 3. The average Bonchev–Trinajstić information content (AvgIpc) is 3.39. The minimum absolute atomic E-state index is 0.0207. The van der Waals surface area contributed by atoms with Crippen molar-refractivity contribution in [1.29, 1.82) is 0 Å². The molecule has 0 radical (unpaired) electrons. The Bertz CT molecular complexity index is 1130. The Balaban J connectivity index is 1.42. The molecule has 0 unspecified atom stereocenters. The van der Waals surface area contributed by atoms with Crippen LogP contribution < -0.4 is 13.9 Å². The van der Waals surface area contributed by atoms with E-state index in [4.69, 9.17) is 0 Å². The van der Waals surface area contributed by atoms with E-state index in [1.807, 2.05) is 27.0 Å². The van der Waals surface area contributed by atoms with Crippen LogP contribution in [0.3, 0.4) is 0 Å². The van der Waals surface area contributed by atoms with Crippen molar-refractivity contribution in [1.82, 2.24) is 14.9 Å².